The second-order valence-corrected chi connectivity index (χ2v) is 10.0. The van der Waals surface area contributed by atoms with E-state index in [4.69, 9.17) is 10.5 Å². The second kappa shape index (κ2) is 11.6. The van der Waals surface area contributed by atoms with Crippen molar-refractivity contribution >= 4 is 34.0 Å². The number of rotatable bonds is 8. The van der Waals surface area contributed by atoms with E-state index >= 15 is 0 Å². The Hall–Kier alpha value is -3.69. The summed E-state index contributed by atoms with van der Waals surface area (Å²) in [5.41, 5.74) is 10.7. The maximum absolute atomic E-state index is 13.4. The van der Waals surface area contributed by atoms with E-state index in [9.17, 15) is 9.59 Å². The van der Waals surface area contributed by atoms with E-state index in [0.717, 1.165) is 23.7 Å². The zero-order chi connectivity index (χ0) is 26.5. The Labute approximate surface area is 221 Å². The Kier molecular flexibility index (Phi) is 8.25. The number of H-pyrrole nitrogens is 1. The van der Waals surface area contributed by atoms with Gasteiger partial charge in [-0.1, -0.05) is 43.4 Å². The number of hydrogen-bond donors (Lipinski definition) is 3. The minimum atomic E-state index is -0.317. The smallest absolute Gasteiger partial charge is 0.271 e. The molecule has 2 unspecified atom stereocenters. The van der Waals surface area contributed by atoms with Gasteiger partial charge in [-0.15, -0.1) is 0 Å². The number of amidine groups is 1. The molecule has 4 rings (SSSR count). The predicted molar refractivity (Wildman–Crippen MR) is 151 cm³/mol. The van der Waals surface area contributed by atoms with E-state index in [1.54, 1.807) is 19.2 Å². The van der Waals surface area contributed by atoms with Crippen LogP contribution >= 0.6 is 11.5 Å². The Balaban J connectivity index is 1.53. The van der Waals surface area contributed by atoms with E-state index in [1.807, 2.05) is 37.0 Å². The van der Waals surface area contributed by atoms with Crippen molar-refractivity contribution in [3.05, 3.63) is 93.0 Å². The van der Waals surface area contributed by atoms with Crippen molar-refractivity contribution in [3.8, 4) is 0 Å². The first kappa shape index (κ1) is 26.4. The number of aliphatic imine (C=N–C) groups is 1. The lowest BCUT2D eigenvalue weighted by Gasteiger charge is -2.19. The van der Waals surface area contributed by atoms with Gasteiger partial charge in [-0.2, -0.15) is 0 Å². The Morgan fingerprint density at radius 1 is 1.41 bits per heavy atom. The zero-order valence-corrected chi connectivity index (χ0v) is 22.4. The summed E-state index contributed by atoms with van der Waals surface area (Å²) in [6.45, 7) is 7.03. The molecular weight excluding hydrogens is 486 g/mol. The molecular formula is C28H33N5O3S. The van der Waals surface area contributed by atoms with Crippen molar-refractivity contribution in [1.82, 2.24) is 9.27 Å². The number of allylic oxidation sites excluding steroid dienone is 7. The third-order valence-electron chi connectivity index (χ3n) is 6.63. The monoisotopic (exact) mass is 519 g/mol. The van der Waals surface area contributed by atoms with E-state index < -0.39 is 0 Å². The molecule has 0 bridgehead atoms. The Morgan fingerprint density at radius 3 is 2.97 bits per heavy atom. The largest absolute Gasteiger partial charge is 0.383 e. The van der Waals surface area contributed by atoms with Crippen LogP contribution in [0.15, 0.2) is 81.3 Å². The quantitative estimate of drug-likeness (QED) is 0.345. The summed E-state index contributed by atoms with van der Waals surface area (Å²) < 4.78 is 7.90. The maximum atomic E-state index is 13.4. The van der Waals surface area contributed by atoms with Crippen molar-refractivity contribution in [2.24, 2.45) is 16.6 Å². The number of amides is 1. The molecule has 2 heterocycles. The molecule has 2 atom stereocenters. The molecule has 194 valence electrons. The van der Waals surface area contributed by atoms with E-state index in [1.165, 1.54) is 11.1 Å². The van der Waals surface area contributed by atoms with Crippen molar-refractivity contribution in [3.63, 3.8) is 0 Å². The van der Waals surface area contributed by atoms with Crippen LogP contribution in [0.4, 0.5) is 10.7 Å². The molecule has 8 nitrogen and oxygen atoms in total. The van der Waals surface area contributed by atoms with Crippen LogP contribution in [0.5, 0.6) is 0 Å². The van der Waals surface area contributed by atoms with Crippen molar-refractivity contribution in [2.45, 2.75) is 33.3 Å². The highest BCUT2D eigenvalue weighted by Gasteiger charge is 2.25. The third kappa shape index (κ3) is 6.00. The van der Waals surface area contributed by atoms with Gasteiger partial charge in [-0.3, -0.25) is 19.0 Å². The minimum Gasteiger partial charge on any atom is -0.383 e. The molecule has 1 aromatic carbocycles. The fourth-order valence-corrected chi connectivity index (χ4v) is 5.01. The Morgan fingerprint density at radius 2 is 2.22 bits per heavy atom. The van der Waals surface area contributed by atoms with E-state index in [-0.39, 0.29) is 29.0 Å². The fraction of sp³-hybridized carbons (Fsp3) is 0.321. The van der Waals surface area contributed by atoms with Gasteiger partial charge in [0.15, 0.2) is 0 Å². The van der Waals surface area contributed by atoms with Gasteiger partial charge in [0.2, 0.25) is 0 Å². The number of methoxy groups -OCH3 is 1. The third-order valence-corrected chi connectivity index (χ3v) is 7.43. The fourth-order valence-electron chi connectivity index (χ4n) is 4.25. The maximum Gasteiger partial charge on any atom is 0.271 e. The first-order valence-electron chi connectivity index (χ1n) is 12.3. The summed E-state index contributed by atoms with van der Waals surface area (Å²) >= 11 is 1.14. The normalized spacial score (nSPS) is 19.7. The average molecular weight is 520 g/mol. The van der Waals surface area contributed by atoms with Crippen LogP contribution in [0.2, 0.25) is 0 Å². The number of ether oxygens (including phenoxy) is 1. The van der Waals surface area contributed by atoms with Crippen molar-refractivity contribution < 1.29 is 9.53 Å². The number of carbonyl (C=O) groups excluding carboxylic acids is 1. The van der Waals surface area contributed by atoms with Gasteiger partial charge in [0, 0.05) is 30.6 Å². The van der Waals surface area contributed by atoms with Gasteiger partial charge in [-0.25, -0.2) is 0 Å². The standard InChI is InChI=1S/C28H33N5O3S/c1-17-8-5-6-9-20(17)14-21-12-13-33(19(21)3)28(35)22-10-7-11-23(15-22)31-27-24(26(34)32-37-27)25(29)30-16-18(2)36-4/h5-11,14-15,17-18,31H,12-13,16H2,1-4H3,(H2,29,30)(H,32,34)/b20-14-. The van der Waals surface area contributed by atoms with Crippen LogP contribution in [0, 0.1) is 5.92 Å². The molecule has 0 saturated carbocycles. The van der Waals surface area contributed by atoms with Crippen LogP contribution in [-0.2, 0) is 4.74 Å². The topological polar surface area (TPSA) is 113 Å². The predicted octanol–water partition coefficient (Wildman–Crippen LogP) is 4.73. The summed E-state index contributed by atoms with van der Waals surface area (Å²) in [7, 11) is 1.60. The van der Waals surface area contributed by atoms with Crippen LogP contribution < -0.4 is 16.6 Å². The molecule has 4 N–H and O–H groups in total. The molecule has 1 aromatic heterocycles. The summed E-state index contributed by atoms with van der Waals surface area (Å²) in [5.74, 6) is 0.436. The van der Waals surface area contributed by atoms with Crippen LogP contribution in [0.1, 0.15) is 43.1 Å². The number of nitrogens with one attached hydrogen (secondary N) is 2. The SMILES string of the molecule is COC(C)CN=C(N)c1c(Nc2cccc(C(=O)N3CCC(/C=C4/C=CC=CC4C)=C3C)c2)s[nH]c1=O. The van der Waals surface area contributed by atoms with Gasteiger partial charge in [-0.05, 0) is 67.1 Å². The highest BCUT2D eigenvalue weighted by atomic mass is 32.1. The summed E-state index contributed by atoms with van der Waals surface area (Å²) in [5, 5.41) is 3.77. The first-order chi connectivity index (χ1) is 17.8. The average Bonchev–Trinajstić information content (AvgIpc) is 3.45. The van der Waals surface area contributed by atoms with E-state index in [2.05, 4.69) is 45.9 Å². The molecule has 37 heavy (non-hydrogen) atoms. The highest BCUT2D eigenvalue weighted by Crippen LogP contribution is 2.30. The summed E-state index contributed by atoms with van der Waals surface area (Å²) in [6.07, 6.45) is 11.3. The van der Waals surface area contributed by atoms with Crippen LogP contribution in [0.3, 0.4) is 0 Å². The lowest BCUT2D eigenvalue weighted by molar-refractivity contribution is 0.0819. The lowest BCUT2D eigenvalue weighted by atomic mass is 9.94. The van der Waals surface area contributed by atoms with Gasteiger partial charge in [0.25, 0.3) is 11.5 Å². The number of benzene rings is 1. The summed E-state index contributed by atoms with van der Waals surface area (Å²) in [4.78, 5) is 32.0. The summed E-state index contributed by atoms with van der Waals surface area (Å²) in [6, 6.07) is 7.26. The van der Waals surface area contributed by atoms with Crippen molar-refractivity contribution in [1.29, 1.82) is 0 Å². The minimum absolute atomic E-state index is 0.0567. The molecule has 0 spiro atoms. The van der Waals surface area contributed by atoms with Gasteiger partial charge in [0.05, 0.1) is 12.6 Å². The highest BCUT2D eigenvalue weighted by molar-refractivity contribution is 7.10. The zero-order valence-electron chi connectivity index (χ0n) is 21.6. The first-order valence-corrected chi connectivity index (χ1v) is 13.1. The Bertz CT molecular complexity index is 1380. The molecule has 9 heteroatoms. The molecule has 0 saturated heterocycles. The number of aromatic amines is 1. The lowest BCUT2D eigenvalue weighted by Crippen LogP contribution is -2.27. The number of carbonyl (C=O) groups is 1. The van der Waals surface area contributed by atoms with Crippen molar-refractivity contribution in [2.75, 3.05) is 25.5 Å². The molecule has 1 amide bonds. The number of aromatic nitrogens is 1. The molecule has 0 radical (unpaired) electrons. The number of nitrogens with zero attached hydrogens (tertiary/aromatic N) is 2. The number of hydrogen-bond acceptors (Lipinski definition) is 6. The number of nitrogens with two attached hydrogens (primary N) is 1. The molecule has 2 aromatic rings. The molecule has 2 aliphatic rings. The molecule has 1 aliphatic heterocycles. The number of anilines is 2. The van der Waals surface area contributed by atoms with Gasteiger partial charge in [0.1, 0.15) is 16.4 Å². The molecule has 0 fully saturated rings. The second-order valence-electron chi connectivity index (χ2n) is 9.21. The van der Waals surface area contributed by atoms with Gasteiger partial charge >= 0.3 is 0 Å². The van der Waals surface area contributed by atoms with Gasteiger partial charge < -0.3 is 20.7 Å². The molecule has 1 aliphatic carbocycles. The van der Waals surface area contributed by atoms with Crippen LogP contribution in [-0.4, -0.2) is 47.3 Å². The van der Waals surface area contributed by atoms with Crippen LogP contribution in [0.25, 0.3) is 0 Å². The van der Waals surface area contributed by atoms with E-state index in [0.29, 0.717) is 35.3 Å².